The molecule has 5 nitrogen and oxygen atoms in total. The van der Waals surface area contributed by atoms with Crippen LogP contribution in [0, 0.1) is 0 Å². The Hall–Kier alpha value is -0.650. The Morgan fingerprint density at radius 3 is 3.06 bits per heavy atom. The number of hydrogen-bond donors (Lipinski definition) is 1. The maximum absolute atomic E-state index is 10.9. The number of aliphatic hydroxyl groups is 1. The van der Waals surface area contributed by atoms with Gasteiger partial charge in [0, 0.05) is 13.1 Å². The highest BCUT2D eigenvalue weighted by Crippen LogP contribution is 2.08. The van der Waals surface area contributed by atoms with Crippen LogP contribution < -0.4 is 0 Å². The molecule has 0 saturated carbocycles. The average molecular weight is 231 g/mol. The van der Waals surface area contributed by atoms with Gasteiger partial charge in [0.15, 0.2) is 0 Å². The van der Waals surface area contributed by atoms with Crippen molar-refractivity contribution >= 4 is 5.97 Å². The highest BCUT2D eigenvalue weighted by Gasteiger charge is 2.16. The maximum Gasteiger partial charge on any atom is 0.332 e. The monoisotopic (exact) mass is 231 g/mol. The normalized spacial score (nSPS) is 22.0. The van der Waals surface area contributed by atoms with Crippen molar-refractivity contribution in [3.63, 3.8) is 0 Å². The molecule has 1 heterocycles. The van der Waals surface area contributed by atoms with Crippen molar-refractivity contribution in [2.45, 2.75) is 25.9 Å². The van der Waals surface area contributed by atoms with Crippen LogP contribution in [0.25, 0.3) is 0 Å². The van der Waals surface area contributed by atoms with Crippen molar-refractivity contribution in [1.29, 1.82) is 0 Å². The quantitative estimate of drug-likeness (QED) is 0.516. The third-order valence-electron chi connectivity index (χ3n) is 2.56. The van der Waals surface area contributed by atoms with Crippen molar-refractivity contribution in [1.82, 2.24) is 4.90 Å². The number of carbonyl (C=O) groups excluding carboxylic acids is 1. The smallest absolute Gasteiger partial charge is 0.332 e. The van der Waals surface area contributed by atoms with Crippen LogP contribution in [0.1, 0.15) is 19.8 Å². The average Bonchev–Trinajstić information content (AvgIpc) is 2.25. The molecule has 1 unspecified atom stereocenters. The molecule has 1 rings (SSSR count). The number of ether oxygens (including phenoxy) is 2. The van der Waals surface area contributed by atoms with Gasteiger partial charge >= 0.3 is 5.97 Å². The van der Waals surface area contributed by atoms with Gasteiger partial charge in [-0.2, -0.15) is 0 Å². The van der Waals surface area contributed by atoms with Crippen molar-refractivity contribution in [3.05, 3.63) is 0 Å². The summed E-state index contributed by atoms with van der Waals surface area (Å²) in [4.78, 5) is 13.1. The van der Waals surface area contributed by atoms with Crippen LogP contribution >= 0.6 is 0 Å². The second-order valence-corrected chi connectivity index (χ2v) is 3.95. The summed E-state index contributed by atoms with van der Waals surface area (Å²) in [6.45, 7) is 5.16. The van der Waals surface area contributed by atoms with Crippen LogP contribution in [0.5, 0.6) is 0 Å². The van der Waals surface area contributed by atoms with E-state index >= 15 is 0 Å². The van der Waals surface area contributed by atoms with Crippen LogP contribution in [-0.4, -0.2) is 61.5 Å². The first kappa shape index (κ1) is 13.4. The fourth-order valence-corrected chi connectivity index (χ4v) is 1.79. The van der Waals surface area contributed by atoms with E-state index in [9.17, 15) is 9.90 Å². The largest absolute Gasteiger partial charge is 0.464 e. The summed E-state index contributed by atoms with van der Waals surface area (Å²) in [7, 11) is 0. The Balaban J connectivity index is 2.00. The Morgan fingerprint density at radius 1 is 1.56 bits per heavy atom. The van der Waals surface area contributed by atoms with Crippen LogP contribution in [-0.2, 0) is 14.3 Å². The maximum atomic E-state index is 10.9. The minimum absolute atomic E-state index is 0.0181. The number of likely N-dealkylation sites (tertiary alicyclic amines) is 1. The number of piperidine rings is 1. The molecule has 0 bridgehead atoms. The summed E-state index contributed by atoms with van der Waals surface area (Å²) in [5, 5.41) is 9.44. The lowest BCUT2D eigenvalue weighted by molar-refractivity contribution is -0.148. The molecule has 1 saturated heterocycles. The molecule has 0 aromatic carbocycles. The van der Waals surface area contributed by atoms with Gasteiger partial charge in [-0.05, 0) is 26.3 Å². The number of nitrogens with zero attached hydrogens (tertiary/aromatic N) is 1. The standard InChI is InChI=1S/C11H21NO4/c1-2-16-11(14)9-15-7-6-12-5-3-4-10(13)8-12/h10,13H,2-9H2,1H3. The lowest BCUT2D eigenvalue weighted by Gasteiger charge is -2.29. The van der Waals surface area contributed by atoms with Crippen molar-refractivity contribution in [2.24, 2.45) is 0 Å². The molecular formula is C11H21NO4. The first-order chi connectivity index (χ1) is 7.72. The third-order valence-corrected chi connectivity index (χ3v) is 2.56. The lowest BCUT2D eigenvalue weighted by atomic mass is 10.1. The Labute approximate surface area is 96.3 Å². The van der Waals surface area contributed by atoms with Gasteiger partial charge in [0.2, 0.25) is 0 Å². The van der Waals surface area contributed by atoms with Crippen LogP contribution in [0.4, 0.5) is 0 Å². The highest BCUT2D eigenvalue weighted by molar-refractivity contribution is 5.70. The minimum atomic E-state index is -0.318. The van der Waals surface area contributed by atoms with Gasteiger partial charge in [-0.15, -0.1) is 0 Å². The summed E-state index contributed by atoms with van der Waals surface area (Å²) < 4.78 is 9.92. The SMILES string of the molecule is CCOC(=O)COCCN1CCCC(O)C1. The molecule has 0 aliphatic carbocycles. The molecule has 0 aromatic heterocycles. The van der Waals surface area contributed by atoms with Gasteiger partial charge in [-0.1, -0.05) is 0 Å². The molecule has 16 heavy (non-hydrogen) atoms. The molecular weight excluding hydrogens is 210 g/mol. The van der Waals surface area contributed by atoms with E-state index in [1.54, 1.807) is 6.92 Å². The van der Waals surface area contributed by atoms with E-state index in [0.717, 1.165) is 25.9 Å². The molecule has 1 aliphatic heterocycles. The van der Waals surface area contributed by atoms with E-state index in [4.69, 9.17) is 9.47 Å². The van der Waals surface area contributed by atoms with Gasteiger partial charge in [0.25, 0.3) is 0 Å². The van der Waals surface area contributed by atoms with Crippen LogP contribution in [0.3, 0.4) is 0 Å². The number of esters is 1. The summed E-state index contributed by atoms with van der Waals surface area (Å²) in [5.74, 6) is -0.318. The summed E-state index contributed by atoms with van der Waals surface area (Å²) in [5.41, 5.74) is 0. The number of aliphatic hydroxyl groups excluding tert-OH is 1. The molecule has 0 spiro atoms. The van der Waals surface area contributed by atoms with Gasteiger partial charge in [0.1, 0.15) is 6.61 Å². The number of β-amino-alcohol motifs (C(OH)–C–C–N with tert-alkyl or cyclic N) is 1. The molecule has 1 aliphatic rings. The molecule has 5 heteroatoms. The van der Waals surface area contributed by atoms with Crippen LogP contribution in [0.15, 0.2) is 0 Å². The third kappa shape index (κ3) is 5.44. The zero-order valence-corrected chi connectivity index (χ0v) is 9.85. The molecule has 1 fully saturated rings. The van der Waals surface area contributed by atoms with E-state index in [1.807, 2.05) is 0 Å². The zero-order chi connectivity index (χ0) is 11.8. The van der Waals surface area contributed by atoms with Crippen molar-refractivity contribution in [3.8, 4) is 0 Å². The Morgan fingerprint density at radius 2 is 2.38 bits per heavy atom. The molecule has 0 aromatic rings. The van der Waals surface area contributed by atoms with Gasteiger partial charge < -0.3 is 14.6 Å². The number of carbonyl (C=O) groups is 1. The number of hydrogen-bond acceptors (Lipinski definition) is 5. The Kier molecular flexibility index (Phi) is 6.37. The van der Waals surface area contributed by atoms with Crippen molar-refractivity contribution in [2.75, 3.05) is 39.5 Å². The first-order valence-electron chi connectivity index (χ1n) is 5.86. The topological polar surface area (TPSA) is 59.0 Å². The molecule has 1 N–H and O–H groups in total. The fraction of sp³-hybridized carbons (Fsp3) is 0.909. The minimum Gasteiger partial charge on any atom is -0.464 e. The van der Waals surface area contributed by atoms with Gasteiger partial charge in [-0.25, -0.2) is 4.79 Å². The highest BCUT2D eigenvalue weighted by atomic mass is 16.6. The van der Waals surface area contributed by atoms with Crippen LogP contribution in [0.2, 0.25) is 0 Å². The zero-order valence-electron chi connectivity index (χ0n) is 9.85. The summed E-state index contributed by atoms with van der Waals surface area (Å²) in [6, 6.07) is 0. The van der Waals surface area contributed by atoms with E-state index in [1.165, 1.54) is 0 Å². The summed E-state index contributed by atoms with van der Waals surface area (Å²) in [6.07, 6.45) is 1.71. The molecule has 0 amide bonds. The Bertz CT molecular complexity index is 210. The second kappa shape index (κ2) is 7.60. The van der Waals surface area contributed by atoms with E-state index in [0.29, 0.717) is 19.8 Å². The van der Waals surface area contributed by atoms with E-state index in [-0.39, 0.29) is 18.7 Å². The van der Waals surface area contributed by atoms with E-state index < -0.39 is 0 Å². The van der Waals surface area contributed by atoms with Gasteiger partial charge in [-0.3, -0.25) is 4.90 Å². The second-order valence-electron chi connectivity index (χ2n) is 3.95. The van der Waals surface area contributed by atoms with Crippen molar-refractivity contribution < 1.29 is 19.4 Å². The first-order valence-corrected chi connectivity index (χ1v) is 5.86. The predicted octanol–water partition coefficient (Wildman–Crippen LogP) is 0.0228. The molecule has 1 atom stereocenters. The molecule has 94 valence electrons. The number of rotatable bonds is 6. The van der Waals surface area contributed by atoms with E-state index in [2.05, 4.69) is 4.90 Å². The summed E-state index contributed by atoms with van der Waals surface area (Å²) >= 11 is 0. The lowest BCUT2D eigenvalue weighted by Crippen LogP contribution is -2.40. The molecule has 0 radical (unpaired) electrons. The fourth-order valence-electron chi connectivity index (χ4n) is 1.79. The van der Waals surface area contributed by atoms with Gasteiger partial charge in [0.05, 0.1) is 19.3 Å². The predicted molar refractivity (Wildman–Crippen MR) is 59.1 cm³/mol.